The summed E-state index contributed by atoms with van der Waals surface area (Å²) in [6.07, 6.45) is 0. The van der Waals surface area contributed by atoms with E-state index in [0.717, 1.165) is 0 Å². The van der Waals surface area contributed by atoms with Gasteiger partial charge in [0, 0.05) is 12.1 Å². The number of amides is 1. The highest BCUT2D eigenvalue weighted by molar-refractivity contribution is 5.96. The predicted octanol–water partition coefficient (Wildman–Crippen LogP) is 1.70. The lowest BCUT2D eigenvalue weighted by Crippen LogP contribution is -2.46. The van der Waals surface area contributed by atoms with Crippen molar-refractivity contribution in [2.75, 3.05) is 19.8 Å². The summed E-state index contributed by atoms with van der Waals surface area (Å²) >= 11 is 0. The highest BCUT2D eigenvalue weighted by Crippen LogP contribution is 2.23. The Morgan fingerprint density at radius 2 is 2.14 bits per heavy atom. The van der Waals surface area contributed by atoms with Crippen LogP contribution >= 0.6 is 0 Å². The number of carboxylic acids is 1. The fourth-order valence-corrected chi connectivity index (χ4v) is 2.59. The van der Waals surface area contributed by atoms with Crippen LogP contribution in [0.25, 0.3) is 0 Å². The smallest absolute Gasteiger partial charge is 0.311 e. The normalized spacial score (nSPS) is 21.3. The lowest BCUT2D eigenvalue weighted by atomic mass is 10.00. The Kier molecular flexibility index (Phi) is 4.57. The molecule has 1 saturated heterocycles. The summed E-state index contributed by atoms with van der Waals surface area (Å²) in [7, 11) is 0. The number of ether oxygens (including phenoxy) is 1. The standard InChI is InChI=1S/C15H18FNO4/c1-3-17(13-8-21-7-12(13)15(19)20)14(18)11-6-10(16)5-4-9(11)2/h4-6,12-13H,3,7-8H2,1-2H3,(H,19,20). The number of aliphatic carboxylic acids is 1. The third-order valence-electron chi connectivity index (χ3n) is 3.80. The van der Waals surface area contributed by atoms with Crippen molar-refractivity contribution in [3.05, 3.63) is 35.1 Å². The number of carbonyl (C=O) groups excluding carboxylic acids is 1. The summed E-state index contributed by atoms with van der Waals surface area (Å²) in [6.45, 7) is 4.10. The van der Waals surface area contributed by atoms with Crippen molar-refractivity contribution in [1.82, 2.24) is 4.90 Å². The molecule has 21 heavy (non-hydrogen) atoms. The topological polar surface area (TPSA) is 66.8 Å². The molecule has 114 valence electrons. The van der Waals surface area contributed by atoms with E-state index in [1.165, 1.54) is 23.1 Å². The van der Waals surface area contributed by atoms with Gasteiger partial charge in [0.1, 0.15) is 11.7 Å². The van der Waals surface area contributed by atoms with Crippen molar-refractivity contribution in [2.24, 2.45) is 5.92 Å². The number of aryl methyl sites for hydroxylation is 1. The molecule has 1 heterocycles. The fourth-order valence-electron chi connectivity index (χ4n) is 2.59. The summed E-state index contributed by atoms with van der Waals surface area (Å²) in [4.78, 5) is 25.3. The Hall–Kier alpha value is -1.95. The molecule has 1 aromatic carbocycles. The SMILES string of the molecule is CCN(C(=O)c1cc(F)ccc1C)C1COCC1C(=O)O. The number of hydrogen-bond donors (Lipinski definition) is 1. The summed E-state index contributed by atoms with van der Waals surface area (Å²) in [6, 6.07) is 3.49. The third kappa shape index (κ3) is 3.05. The second kappa shape index (κ2) is 6.22. The van der Waals surface area contributed by atoms with Gasteiger partial charge >= 0.3 is 5.97 Å². The molecule has 0 saturated carbocycles. The Morgan fingerprint density at radius 3 is 2.76 bits per heavy atom. The number of rotatable bonds is 4. The minimum Gasteiger partial charge on any atom is -0.481 e. The van der Waals surface area contributed by atoms with Gasteiger partial charge in [-0.15, -0.1) is 0 Å². The van der Waals surface area contributed by atoms with Gasteiger partial charge in [0.15, 0.2) is 0 Å². The summed E-state index contributed by atoms with van der Waals surface area (Å²) < 4.78 is 18.6. The molecule has 1 aliphatic rings. The van der Waals surface area contributed by atoms with Gasteiger partial charge in [0.25, 0.3) is 5.91 Å². The van der Waals surface area contributed by atoms with Crippen molar-refractivity contribution in [3.63, 3.8) is 0 Å². The van der Waals surface area contributed by atoms with Crippen LogP contribution in [0.5, 0.6) is 0 Å². The van der Waals surface area contributed by atoms with Crippen LogP contribution in [-0.4, -0.2) is 47.7 Å². The monoisotopic (exact) mass is 295 g/mol. The van der Waals surface area contributed by atoms with Crippen molar-refractivity contribution >= 4 is 11.9 Å². The van der Waals surface area contributed by atoms with E-state index in [4.69, 9.17) is 4.74 Å². The van der Waals surface area contributed by atoms with E-state index in [-0.39, 0.29) is 24.7 Å². The van der Waals surface area contributed by atoms with E-state index >= 15 is 0 Å². The first kappa shape index (κ1) is 15.4. The first-order valence-electron chi connectivity index (χ1n) is 6.83. The molecule has 1 amide bonds. The van der Waals surface area contributed by atoms with Gasteiger partial charge in [0.05, 0.1) is 19.3 Å². The Labute approximate surface area is 122 Å². The van der Waals surface area contributed by atoms with Crippen LogP contribution in [0.1, 0.15) is 22.8 Å². The lowest BCUT2D eigenvalue weighted by molar-refractivity contribution is -0.142. The first-order valence-corrected chi connectivity index (χ1v) is 6.83. The molecule has 6 heteroatoms. The molecule has 1 aromatic rings. The largest absolute Gasteiger partial charge is 0.481 e. The minimum absolute atomic E-state index is 0.0892. The van der Waals surface area contributed by atoms with E-state index in [1.54, 1.807) is 13.8 Å². The van der Waals surface area contributed by atoms with E-state index in [2.05, 4.69) is 0 Å². The van der Waals surface area contributed by atoms with E-state index < -0.39 is 23.7 Å². The molecule has 1 aliphatic heterocycles. The maximum absolute atomic E-state index is 13.4. The molecule has 0 radical (unpaired) electrons. The molecule has 2 unspecified atom stereocenters. The average Bonchev–Trinajstić information content (AvgIpc) is 2.91. The minimum atomic E-state index is -0.986. The molecule has 2 atom stereocenters. The number of carbonyl (C=O) groups is 2. The molecular formula is C15H18FNO4. The summed E-state index contributed by atoms with van der Waals surface area (Å²) in [5, 5.41) is 9.20. The molecule has 0 aliphatic carbocycles. The van der Waals surface area contributed by atoms with Gasteiger partial charge in [0.2, 0.25) is 0 Å². The van der Waals surface area contributed by atoms with Crippen LogP contribution in [0.3, 0.4) is 0 Å². The van der Waals surface area contributed by atoms with E-state index in [0.29, 0.717) is 12.1 Å². The Bertz CT molecular complexity index is 561. The van der Waals surface area contributed by atoms with Gasteiger partial charge in [-0.25, -0.2) is 4.39 Å². The van der Waals surface area contributed by atoms with E-state index in [9.17, 15) is 19.1 Å². The van der Waals surface area contributed by atoms with Crippen LogP contribution in [0, 0.1) is 18.7 Å². The molecule has 2 rings (SSSR count). The summed E-state index contributed by atoms with van der Waals surface area (Å²) in [5.74, 6) is -2.59. The number of nitrogens with zero attached hydrogens (tertiary/aromatic N) is 1. The van der Waals surface area contributed by atoms with Gasteiger partial charge in [-0.2, -0.15) is 0 Å². The fraction of sp³-hybridized carbons (Fsp3) is 0.467. The zero-order valence-electron chi connectivity index (χ0n) is 12.0. The first-order chi connectivity index (χ1) is 9.95. The molecule has 0 aromatic heterocycles. The van der Waals surface area contributed by atoms with Crippen LogP contribution in [-0.2, 0) is 9.53 Å². The van der Waals surface area contributed by atoms with Gasteiger partial charge < -0.3 is 14.7 Å². The second-order valence-corrected chi connectivity index (χ2v) is 5.10. The second-order valence-electron chi connectivity index (χ2n) is 5.10. The Balaban J connectivity index is 2.30. The summed E-state index contributed by atoms with van der Waals surface area (Å²) in [5.41, 5.74) is 0.915. The van der Waals surface area contributed by atoms with Crippen molar-refractivity contribution in [3.8, 4) is 0 Å². The number of benzene rings is 1. The highest BCUT2D eigenvalue weighted by Gasteiger charge is 2.39. The maximum Gasteiger partial charge on any atom is 0.311 e. The maximum atomic E-state index is 13.4. The van der Waals surface area contributed by atoms with Gasteiger partial charge in [-0.05, 0) is 31.5 Å². The zero-order valence-corrected chi connectivity index (χ0v) is 12.0. The number of halogens is 1. The third-order valence-corrected chi connectivity index (χ3v) is 3.80. The molecular weight excluding hydrogens is 277 g/mol. The molecule has 5 nitrogen and oxygen atoms in total. The Morgan fingerprint density at radius 1 is 1.43 bits per heavy atom. The number of hydrogen-bond acceptors (Lipinski definition) is 3. The van der Waals surface area contributed by atoms with Crippen LogP contribution in [0.15, 0.2) is 18.2 Å². The van der Waals surface area contributed by atoms with Crippen LogP contribution < -0.4 is 0 Å². The molecule has 1 N–H and O–H groups in total. The van der Waals surface area contributed by atoms with E-state index in [1.807, 2.05) is 0 Å². The quantitative estimate of drug-likeness (QED) is 0.918. The van der Waals surface area contributed by atoms with Gasteiger partial charge in [-0.1, -0.05) is 6.07 Å². The van der Waals surface area contributed by atoms with Crippen molar-refractivity contribution < 1.29 is 23.8 Å². The van der Waals surface area contributed by atoms with Crippen molar-refractivity contribution in [2.45, 2.75) is 19.9 Å². The highest BCUT2D eigenvalue weighted by atomic mass is 19.1. The van der Waals surface area contributed by atoms with Crippen LogP contribution in [0.2, 0.25) is 0 Å². The zero-order chi connectivity index (χ0) is 15.6. The van der Waals surface area contributed by atoms with Crippen molar-refractivity contribution in [1.29, 1.82) is 0 Å². The number of carboxylic acid groups (broad SMARTS) is 1. The average molecular weight is 295 g/mol. The van der Waals surface area contributed by atoms with Crippen LogP contribution in [0.4, 0.5) is 4.39 Å². The van der Waals surface area contributed by atoms with Gasteiger partial charge in [-0.3, -0.25) is 9.59 Å². The predicted molar refractivity (Wildman–Crippen MR) is 73.6 cm³/mol. The molecule has 1 fully saturated rings. The lowest BCUT2D eigenvalue weighted by Gasteiger charge is -2.29. The number of likely N-dealkylation sites (N-methyl/N-ethyl adjacent to an activating group) is 1. The molecule has 0 spiro atoms. The molecule has 0 bridgehead atoms.